The lowest BCUT2D eigenvalue weighted by molar-refractivity contribution is 0.121. The Labute approximate surface area is 97.9 Å². The maximum Gasteiger partial charge on any atom is 0.0735 e. The van der Waals surface area contributed by atoms with E-state index in [9.17, 15) is 5.11 Å². The third-order valence-electron chi connectivity index (χ3n) is 2.31. The highest BCUT2D eigenvalue weighted by Crippen LogP contribution is 2.18. The van der Waals surface area contributed by atoms with Gasteiger partial charge in [0.15, 0.2) is 0 Å². The van der Waals surface area contributed by atoms with Crippen LogP contribution >= 0.6 is 12.4 Å². The highest BCUT2D eigenvalue weighted by Gasteiger charge is 2.17. The highest BCUT2D eigenvalue weighted by molar-refractivity contribution is 5.85. The van der Waals surface area contributed by atoms with Gasteiger partial charge in [0.25, 0.3) is 0 Å². The minimum absolute atomic E-state index is 0. The molecule has 0 aliphatic heterocycles. The monoisotopic (exact) mass is 229 g/mol. The summed E-state index contributed by atoms with van der Waals surface area (Å²) < 4.78 is 0. The van der Waals surface area contributed by atoms with Gasteiger partial charge in [-0.1, -0.05) is 44.2 Å². The number of rotatable bonds is 4. The molecule has 0 saturated carbocycles. The Hall–Kier alpha value is -0.570. The fourth-order valence-electron chi connectivity index (χ4n) is 1.53. The molecule has 0 saturated heterocycles. The van der Waals surface area contributed by atoms with Gasteiger partial charge in [-0.25, -0.2) is 0 Å². The van der Waals surface area contributed by atoms with Gasteiger partial charge in [0, 0.05) is 0 Å². The Morgan fingerprint density at radius 2 is 1.73 bits per heavy atom. The van der Waals surface area contributed by atoms with Crippen molar-refractivity contribution in [3.63, 3.8) is 0 Å². The molecule has 15 heavy (non-hydrogen) atoms. The van der Waals surface area contributed by atoms with Crippen molar-refractivity contribution in [3.8, 4) is 0 Å². The lowest BCUT2D eigenvalue weighted by atomic mass is 9.95. The SMILES string of the molecule is CC(C)C[C@@H](O)[C@@H](N)c1ccccc1.Cl. The van der Waals surface area contributed by atoms with Crippen LogP contribution in [0.15, 0.2) is 30.3 Å². The minimum atomic E-state index is -0.447. The molecule has 0 bridgehead atoms. The van der Waals surface area contributed by atoms with E-state index in [2.05, 4.69) is 13.8 Å². The Morgan fingerprint density at radius 1 is 1.20 bits per heavy atom. The van der Waals surface area contributed by atoms with Crippen molar-refractivity contribution >= 4 is 12.4 Å². The summed E-state index contributed by atoms with van der Waals surface area (Å²) in [6.07, 6.45) is 0.299. The summed E-state index contributed by atoms with van der Waals surface area (Å²) in [4.78, 5) is 0. The molecule has 2 atom stereocenters. The first-order valence-electron chi connectivity index (χ1n) is 5.10. The van der Waals surface area contributed by atoms with Crippen molar-refractivity contribution in [2.24, 2.45) is 11.7 Å². The largest absolute Gasteiger partial charge is 0.391 e. The lowest BCUT2D eigenvalue weighted by Gasteiger charge is -2.20. The van der Waals surface area contributed by atoms with Gasteiger partial charge in [-0.05, 0) is 17.9 Å². The molecule has 2 nitrogen and oxygen atoms in total. The first-order valence-corrected chi connectivity index (χ1v) is 5.10. The molecule has 0 aromatic heterocycles. The molecule has 0 amide bonds. The van der Waals surface area contributed by atoms with Gasteiger partial charge in [0.05, 0.1) is 12.1 Å². The van der Waals surface area contributed by atoms with Crippen LogP contribution in [0.2, 0.25) is 0 Å². The average Bonchev–Trinajstić information content (AvgIpc) is 2.17. The van der Waals surface area contributed by atoms with Gasteiger partial charge in [0.2, 0.25) is 0 Å². The fraction of sp³-hybridized carbons (Fsp3) is 0.500. The highest BCUT2D eigenvalue weighted by atomic mass is 35.5. The number of aliphatic hydroxyl groups excluding tert-OH is 1. The summed E-state index contributed by atoms with van der Waals surface area (Å²) in [6.45, 7) is 4.17. The lowest BCUT2D eigenvalue weighted by Crippen LogP contribution is -2.27. The molecule has 0 radical (unpaired) electrons. The van der Waals surface area contributed by atoms with E-state index in [0.717, 1.165) is 12.0 Å². The van der Waals surface area contributed by atoms with Crippen molar-refractivity contribution in [1.29, 1.82) is 0 Å². The van der Waals surface area contributed by atoms with Gasteiger partial charge < -0.3 is 10.8 Å². The molecular weight excluding hydrogens is 210 g/mol. The number of benzene rings is 1. The van der Waals surface area contributed by atoms with Crippen LogP contribution in [0.25, 0.3) is 0 Å². The van der Waals surface area contributed by atoms with E-state index in [1.54, 1.807) is 0 Å². The van der Waals surface area contributed by atoms with E-state index < -0.39 is 6.10 Å². The predicted molar refractivity (Wildman–Crippen MR) is 66.1 cm³/mol. The van der Waals surface area contributed by atoms with Crippen molar-refractivity contribution in [2.75, 3.05) is 0 Å². The second kappa shape index (κ2) is 6.83. The maximum atomic E-state index is 9.82. The number of nitrogens with two attached hydrogens (primary N) is 1. The van der Waals surface area contributed by atoms with Gasteiger partial charge >= 0.3 is 0 Å². The van der Waals surface area contributed by atoms with Gasteiger partial charge in [-0.15, -0.1) is 12.4 Å². The van der Waals surface area contributed by atoms with Crippen LogP contribution in [-0.2, 0) is 0 Å². The molecule has 0 unspecified atom stereocenters. The molecule has 86 valence electrons. The molecule has 3 N–H and O–H groups in total. The standard InChI is InChI=1S/C12H19NO.ClH/c1-9(2)8-11(14)12(13)10-6-4-3-5-7-10;/h3-7,9,11-12,14H,8,13H2,1-2H3;1H/t11-,12+;/m1./s1. The van der Waals surface area contributed by atoms with E-state index in [1.165, 1.54) is 0 Å². The van der Waals surface area contributed by atoms with Crippen LogP contribution in [0.5, 0.6) is 0 Å². The van der Waals surface area contributed by atoms with Crippen molar-refractivity contribution in [2.45, 2.75) is 32.4 Å². The van der Waals surface area contributed by atoms with Crippen molar-refractivity contribution < 1.29 is 5.11 Å². The Kier molecular flexibility index (Phi) is 6.57. The fourth-order valence-corrected chi connectivity index (χ4v) is 1.53. The Bertz CT molecular complexity index is 264. The van der Waals surface area contributed by atoms with Gasteiger partial charge in [-0.3, -0.25) is 0 Å². The maximum absolute atomic E-state index is 9.82. The smallest absolute Gasteiger partial charge is 0.0735 e. The number of hydrogen-bond donors (Lipinski definition) is 2. The summed E-state index contributed by atoms with van der Waals surface area (Å²) >= 11 is 0. The molecule has 1 aromatic carbocycles. The molecule has 0 fully saturated rings. The summed E-state index contributed by atoms with van der Waals surface area (Å²) in [6, 6.07) is 9.47. The number of aliphatic hydroxyl groups is 1. The van der Waals surface area contributed by atoms with Crippen LogP contribution in [0.1, 0.15) is 31.9 Å². The molecule has 0 aliphatic carbocycles. The van der Waals surface area contributed by atoms with E-state index in [-0.39, 0.29) is 18.4 Å². The second-order valence-corrected chi connectivity index (χ2v) is 4.13. The Balaban J connectivity index is 0.00000196. The van der Waals surface area contributed by atoms with Crippen molar-refractivity contribution in [1.82, 2.24) is 0 Å². The molecule has 1 aromatic rings. The van der Waals surface area contributed by atoms with Crippen LogP contribution in [-0.4, -0.2) is 11.2 Å². The third kappa shape index (κ3) is 4.65. The zero-order valence-corrected chi connectivity index (χ0v) is 10.1. The average molecular weight is 230 g/mol. The van der Waals surface area contributed by atoms with Crippen LogP contribution in [0.4, 0.5) is 0 Å². The first kappa shape index (κ1) is 14.4. The Morgan fingerprint density at radius 3 is 2.20 bits per heavy atom. The minimum Gasteiger partial charge on any atom is -0.391 e. The van der Waals surface area contributed by atoms with Crippen LogP contribution in [0, 0.1) is 5.92 Å². The molecule has 0 aliphatic rings. The number of hydrogen-bond acceptors (Lipinski definition) is 2. The molecule has 0 spiro atoms. The second-order valence-electron chi connectivity index (χ2n) is 4.13. The van der Waals surface area contributed by atoms with Gasteiger partial charge in [0.1, 0.15) is 0 Å². The van der Waals surface area contributed by atoms with Crippen LogP contribution < -0.4 is 5.73 Å². The summed E-state index contributed by atoms with van der Waals surface area (Å²) in [7, 11) is 0. The van der Waals surface area contributed by atoms with E-state index >= 15 is 0 Å². The normalized spacial score (nSPS) is 14.5. The van der Waals surface area contributed by atoms with Crippen LogP contribution in [0.3, 0.4) is 0 Å². The van der Waals surface area contributed by atoms with Gasteiger partial charge in [-0.2, -0.15) is 0 Å². The molecule has 0 heterocycles. The third-order valence-corrected chi connectivity index (χ3v) is 2.31. The summed E-state index contributed by atoms with van der Waals surface area (Å²) in [5, 5.41) is 9.82. The summed E-state index contributed by atoms with van der Waals surface area (Å²) in [5.41, 5.74) is 6.94. The molecule has 1 rings (SSSR count). The number of halogens is 1. The molecule has 3 heteroatoms. The van der Waals surface area contributed by atoms with E-state index in [4.69, 9.17) is 5.73 Å². The van der Waals surface area contributed by atoms with E-state index in [0.29, 0.717) is 5.92 Å². The predicted octanol–water partition coefficient (Wildman–Crippen LogP) is 2.52. The quantitative estimate of drug-likeness (QED) is 0.834. The zero-order valence-electron chi connectivity index (χ0n) is 9.26. The topological polar surface area (TPSA) is 46.2 Å². The zero-order chi connectivity index (χ0) is 10.6. The van der Waals surface area contributed by atoms with Crippen molar-refractivity contribution in [3.05, 3.63) is 35.9 Å². The van der Waals surface area contributed by atoms with E-state index in [1.807, 2.05) is 30.3 Å². The molecular formula is C12H20ClNO. The first-order chi connectivity index (χ1) is 6.61. The summed E-state index contributed by atoms with van der Waals surface area (Å²) in [5.74, 6) is 0.472.